The van der Waals surface area contributed by atoms with E-state index in [2.05, 4.69) is 26.1 Å². The molecule has 0 fully saturated rings. The molecule has 2 atom stereocenters. The molecule has 1 aromatic carbocycles. The van der Waals surface area contributed by atoms with Crippen LogP contribution in [0.1, 0.15) is 38.8 Å². The van der Waals surface area contributed by atoms with Gasteiger partial charge in [0, 0.05) is 11.6 Å². The molecule has 0 saturated carbocycles. The molecule has 2 unspecified atom stereocenters. The van der Waals surface area contributed by atoms with Gasteiger partial charge in [0.15, 0.2) is 0 Å². The van der Waals surface area contributed by atoms with Gasteiger partial charge in [0.05, 0.1) is 7.11 Å². The number of methoxy groups -OCH3 is 1. The van der Waals surface area contributed by atoms with Crippen LogP contribution in [0.25, 0.3) is 0 Å². The fourth-order valence-electron chi connectivity index (χ4n) is 2.02. The van der Waals surface area contributed by atoms with E-state index in [1.807, 2.05) is 0 Å². The lowest BCUT2D eigenvalue weighted by atomic mass is 9.91. The summed E-state index contributed by atoms with van der Waals surface area (Å²) in [5.74, 6) is 0.968. The van der Waals surface area contributed by atoms with E-state index in [0.29, 0.717) is 5.92 Å². The minimum absolute atomic E-state index is 0.135. The van der Waals surface area contributed by atoms with E-state index >= 15 is 0 Å². The van der Waals surface area contributed by atoms with Crippen LogP contribution in [-0.2, 0) is 0 Å². The van der Waals surface area contributed by atoms with E-state index in [1.54, 1.807) is 19.2 Å². The fraction of sp³-hybridized carbons (Fsp3) is 0.571. The lowest BCUT2D eigenvalue weighted by Crippen LogP contribution is -2.27. The highest BCUT2D eigenvalue weighted by Crippen LogP contribution is 2.32. The summed E-state index contributed by atoms with van der Waals surface area (Å²) in [6.07, 6.45) is 1.04. The maximum atomic E-state index is 13.4. The molecule has 0 spiro atoms. The quantitative estimate of drug-likeness (QED) is 0.820. The van der Waals surface area contributed by atoms with Crippen LogP contribution in [0.15, 0.2) is 18.2 Å². The molecule has 1 aromatic rings. The largest absolute Gasteiger partial charge is 0.496 e. The van der Waals surface area contributed by atoms with E-state index in [4.69, 9.17) is 4.74 Å². The Balaban J connectivity index is 3.11. The molecule has 1 N–H and O–H groups in total. The summed E-state index contributed by atoms with van der Waals surface area (Å²) in [5, 5.41) is 3.40. The molecule has 96 valence electrons. The fourth-order valence-corrected chi connectivity index (χ4v) is 2.02. The van der Waals surface area contributed by atoms with E-state index in [9.17, 15) is 4.39 Å². The molecule has 0 radical (unpaired) electrons. The van der Waals surface area contributed by atoms with Gasteiger partial charge in [-0.25, -0.2) is 4.39 Å². The first-order chi connectivity index (χ1) is 8.13. The average Bonchev–Trinajstić information content (AvgIpc) is 2.35. The average molecular weight is 239 g/mol. The van der Waals surface area contributed by atoms with Crippen LogP contribution in [0.2, 0.25) is 0 Å². The van der Waals surface area contributed by atoms with Gasteiger partial charge < -0.3 is 10.1 Å². The second kappa shape index (κ2) is 6.60. The van der Waals surface area contributed by atoms with Crippen LogP contribution in [-0.4, -0.2) is 13.7 Å². The number of hydrogen-bond acceptors (Lipinski definition) is 2. The van der Waals surface area contributed by atoms with Gasteiger partial charge >= 0.3 is 0 Å². The summed E-state index contributed by atoms with van der Waals surface area (Å²) < 4.78 is 18.7. The maximum absolute atomic E-state index is 13.4. The zero-order valence-electron chi connectivity index (χ0n) is 11.1. The van der Waals surface area contributed by atoms with Gasteiger partial charge in [-0.2, -0.15) is 0 Å². The third kappa shape index (κ3) is 3.43. The van der Waals surface area contributed by atoms with Crippen LogP contribution in [0.5, 0.6) is 5.75 Å². The van der Waals surface area contributed by atoms with Crippen molar-refractivity contribution >= 4 is 0 Å². The Hall–Kier alpha value is -1.09. The second-order valence-electron chi connectivity index (χ2n) is 4.31. The zero-order valence-corrected chi connectivity index (χ0v) is 11.1. The van der Waals surface area contributed by atoms with Gasteiger partial charge in [0.1, 0.15) is 11.6 Å². The molecule has 0 aliphatic rings. The van der Waals surface area contributed by atoms with Gasteiger partial charge in [0.2, 0.25) is 0 Å². The molecule has 3 heteroatoms. The summed E-state index contributed by atoms with van der Waals surface area (Å²) in [5.41, 5.74) is 0.906. The standard InChI is InChI=1S/C14H22FNO/c1-5-10(3)14(16-6-2)12-9-11(15)7-8-13(12)17-4/h7-10,14,16H,5-6H2,1-4H3. The highest BCUT2D eigenvalue weighted by molar-refractivity contribution is 5.36. The molecule has 0 aliphatic carbocycles. The number of ether oxygens (including phenoxy) is 1. The molecule has 1 rings (SSSR count). The molecule has 17 heavy (non-hydrogen) atoms. The van der Waals surface area contributed by atoms with Crippen molar-refractivity contribution in [2.24, 2.45) is 5.92 Å². The third-order valence-electron chi connectivity index (χ3n) is 3.16. The van der Waals surface area contributed by atoms with Crippen LogP contribution >= 0.6 is 0 Å². The van der Waals surface area contributed by atoms with Gasteiger partial charge in [0.25, 0.3) is 0 Å². The smallest absolute Gasteiger partial charge is 0.123 e. The number of rotatable bonds is 6. The molecule has 0 heterocycles. The lowest BCUT2D eigenvalue weighted by molar-refractivity contribution is 0.353. The van der Waals surface area contributed by atoms with Crippen molar-refractivity contribution in [3.8, 4) is 5.75 Å². The highest BCUT2D eigenvalue weighted by Gasteiger charge is 2.21. The third-order valence-corrected chi connectivity index (χ3v) is 3.16. The Labute approximate surface area is 103 Å². The first kappa shape index (κ1) is 14.0. The zero-order chi connectivity index (χ0) is 12.8. The van der Waals surface area contributed by atoms with E-state index < -0.39 is 0 Å². The molecule has 0 amide bonds. The highest BCUT2D eigenvalue weighted by atomic mass is 19.1. The van der Waals surface area contributed by atoms with Gasteiger partial charge in [-0.1, -0.05) is 27.2 Å². The van der Waals surface area contributed by atoms with E-state index in [-0.39, 0.29) is 11.9 Å². The molecule has 0 saturated heterocycles. The molecule has 0 aromatic heterocycles. The number of hydrogen-bond donors (Lipinski definition) is 1. The van der Waals surface area contributed by atoms with E-state index in [1.165, 1.54) is 6.07 Å². The van der Waals surface area contributed by atoms with Crippen LogP contribution < -0.4 is 10.1 Å². The molecule has 0 aliphatic heterocycles. The summed E-state index contributed by atoms with van der Waals surface area (Å²) in [7, 11) is 1.62. The normalized spacial score (nSPS) is 14.4. The Morgan fingerprint density at radius 3 is 2.59 bits per heavy atom. The minimum atomic E-state index is -0.216. The van der Waals surface area contributed by atoms with Crippen LogP contribution in [0.3, 0.4) is 0 Å². The first-order valence-corrected chi connectivity index (χ1v) is 6.20. The molecular weight excluding hydrogens is 217 g/mol. The van der Waals surface area contributed by atoms with Crippen molar-refractivity contribution in [2.75, 3.05) is 13.7 Å². The van der Waals surface area contributed by atoms with Crippen molar-refractivity contribution in [2.45, 2.75) is 33.2 Å². The number of nitrogens with one attached hydrogen (secondary N) is 1. The molecule has 0 bridgehead atoms. The first-order valence-electron chi connectivity index (χ1n) is 6.20. The summed E-state index contributed by atoms with van der Waals surface area (Å²) in [4.78, 5) is 0. The molecule has 2 nitrogen and oxygen atoms in total. The van der Waals surface area contributed by atoms with Crippen molar-refractivity contribution in [1.82, 2.24) is 5.32 Å². The van der Waals surface area contributed by atoms with Gasteiger partial charge in [-0.3, -0.25) is 0 Å². The van der Waals surface area contributed by atoms with Crippen molar-refractivity contribution in [3.05, 3.63) is 29.6 Å². The molecular formula is C14H22FNO. The second-order valence-corrected chi connectivity index (χ2v) is 4.31. The number of halogens is 1. The summed E-state index contributed by atoms with van der Waals surface area (Å²) in [6, 6.07) is 4.83. The topological polar surface area (TPSA) is 21.3 Å². The summed E-state index contributed by atoms with van der Waals surface area (Å²) >= 11 is 0. The Kier molecular flexibility index (Phi) is 5.42. The predicted octanol–water partition coefficient (Wildman–Crippen LogP) is 3.53. The Morgan fingerprint density at radius 1 is 1.35 bits per heavy atom. The van der Waals surface area contributed by atoms with Gasteiger partial charge in [-0.15, -0.1) is 0 Å². The lowest BCUT2D eigenvalue weighted by Gasteiger charge is -2.26. The van der Waals surface area contributed by atoms with Gasteiger partial charge in [-0.05, 0) is 30.7 Å². The van der Waals surface area contributed by atoms with Crippen LogP contribution in [0.4, 0.5) is 4.39 Å². The maximum Gasteiger partial charge on any atom is 0.123 e. The van der Waals surface area contributed by atoms with Crippen LogP contribution in [0, 0.1) is 11.7 Å². The minimum Gasteiger partial charge on any atom is -0.496 e. The van der Waals surface area contributed by atoms with E-state index in [0.717, 1.165) is 24.3 Å². The van der Waals surface area contributed by atoms with Crippen molar-refractivity contribution < 1.29 is 9.13 Å². The van der Waals surface area contributed by atoms with Crippen molar-refractivity contribution in [1.29, 1.82) is 0 Å². The monoisotopic (exact) mass is 239 g/mol. The predicted molar refractivity (Wildman–Crippen MR) is 68.8 cm³/mol. The van der Waals surface area contributed by atoms with Crippen molar-refractivity contribution in [3.63, 3.8) is 0 Å². The Morgan fingerprint density at radius 2 is 2.06 bits per heavy atom. The number of benzene rings is 1. The SMILES string of the molecule is CCNC(c1cc(F)ccc1OC)C(C)CC. The summed E-state index contributed by atoms with van der Waals surface area (Å²) in [6.45, 7) is 7.22. The Bertz CT molecular complexity index is 354.